The molecule has 0 radical (unpaired) electrons. The SMILES string of the molecule is COc1ccc(-c2ccn(CC(=O)N3CCOCC3)c2)cc1OC1CCCC1. The van der Waals surface area contributed by atoms with Crippen LogP contribution in [0.2, 0.25) is 0 Å². The minimum atomic E-state index is 0.130. The van der Waals surface area contributed by atoms with Crippen molar-refractivity contribution in [2.75, 3.05) is 33.4 Å². The molecule has 1 aromatic carbocycles. The number of nitrogens with zero attached hydrogens (tertiary/aromatic N) is 2. The molecule has 4 rings (SSSR count). The lowest BCUT2D eigenvalue weighted by Gasteiger charge is -2.26. The number of carbonyl (C=O) groups excluding carboxylic acids is 1. The monoisotopic (exact) mass is 384 g/mol. The zero-order valence-electron chi connectivity index (χ0n) is 16.4. The summed E-state index contributed by atoms with van der Waals surface area (Å²) in [6.45, 7) is 2.94. The van der Waals surface area contributed by atoms with E-state index in [1.54, 1.807) is 7.11 Å². The highest BCUT2D eigenvalue weighted by Gasteiger charge is 2.20. The molecule has 0 N–H and O–H groups in total. The molecule has 1 saturated carbocycles. The first kappa shape index (κ1) is 18.9. The van der Waals surface area contributed by atoms with Crippen LogP contribution in [0.4, 0.5) is 0 Å². The molecule has 2 heterocycles. The largest absolute Gasteiger partial charge is 0.493 e. The molecule has 0 spiro atoms. The van der Waals surface area contributed by atoms with Crippen LogP contribution >= 0.6 is 0 Å². The van der Waals surface area contributed by atoms with Gasteiger partial charge >= 0.3 is 0 Å². The van der Waals surface area contributed by atoms with Gasteiger partial charge in [0, 0.05) is 25.5 Å². The first-order valence-electron chi connectivity index (χ1n) is 10.1. The lowest BCUT2D eigenvalue weighted by Crippen LogP contribution is -2.42. The highest BCUT2D eigenvalue weighted by molar-refractivity contribution is 5.76. The minimum absolute atomic E-state index is 0.130. The molecule has 1 amide bonds. The highest BCUT2D eigenvalue weighted by Crippen LogP contribution is 2.35. The summed E-state index contributed by atoms with van der Waals surface area (Å²) in [7, 11) is 1.67. The Balaban J connectivity index is 1.47. The fourth-order valence-electron chi connectivity index (χ4n) is 3.91. The molecule has 1 aliphatic heterocycles. The van der Waals surface area contributed by atoms with Crippen molar-refractivity contribution in [1.29, 1.82) is 0 Å². The molecule has 6 nitrogen and oxygen atoms in total. The van der Waals surface area contributed by atoms with Gasteiger partial charge in [0.2, 0.25) is 5.91 Å². The van der Waals surface area contributed by atoms with E-state index in [1.807, 2.05) is 46.1 Å². The van der Waals surface area contributed by atoms with Crippen LogP contribution in [0.15, 0.2) is 36.7 Å². The molecular formula is C22H28N2O4. The number of morpholine rings is 1. The van der Waals surface area contributed by atoms with Gasteiger partial charge in [0.15, 0.2) is 11.5 Å². The average Bonchev–Trinajstić information content (AvgIpc) is 3.41. The third-order valence-corrected chi connectivity index (χ3v) is 5.52. The molecule has 2 fully saturated rings. The van der Waals surface area contributed by atoms with Gasteiger partial charge in [-0.15, -0.1) is 0 Å². The molecule has 0 bridgehead atoms. The summed E-state index contributed by atoms with van der Waals surface area (Å²) in [5.41, 5.74) is 2.13. The number of carbonyl (C=O) groups is 1. The van der Waals surface area contributed by atoms with Crippen molar-refractivity contribution in [3.63, 3.8) is 0 Å². The van der Waals surface area contributed by atoms with Crippen LogP contribution in [0.25, 0.3) is 11.1 Å². The van der Waals surface area contributed by atoms with Gasteiger partial charge in [-0.3, -0.25) is 4.79 Å². The second kappa shape index (κ2) is 8.69. The Morgan fingerprint density at radius 3 is 2.64 bits per heavy atom. The number of aromatic nitrogens is 1. The van der Waals surface area contributed by atoms with Gasteiger partial charge in [0.25, 0.3) is 0 Å². The van der Waals surface area contributed by atoms with Gasteiger partial charge in [-0.2, -0.15) is 0 Å². The molecule has 28 heavy (non-hydrogen) atoms. The Morgan fingerprint density at radius 2 is 1.89 bits per heavy atom. The summed E-state index contributed by atoms with van der Waals surface area (Å²) < 4.78 is 18.9. The number of methoxy groups -OCH3 is 1. The Labute approximate surface area is 166 Å². The smallest absolute Gasteiger partial charge is 0.242 e. The summed E-state index contributed by atoms with van der Waals surface area (Å²) in [5, 5.41) is 0. The van der Waals surface area contributed by atoms with Crippen LogP contribution in [0.5, 0.6) is 11.5 Å². The fourth-order valence-corrected chi connectivity index (χ4v) is 3.91. The fraction of sp³-hybridized carbons (Fsp3) is 0.500. The molecule has 0 atom stereocenters. The second-order valence-electron chi connectivity index (χ2n) is 7.46. The van der Waals surface area contributed by atoms with Gasteiger partial charge in [0.05, 0.1) is 26.4 Å². The zero-order valence-corrected chi connectivity index (χ0v) is 16.4. The third-order valence-electron chi connectivity index (χ3n) is 5.52. The summed E-state index contributed by atoms with van der Waals surface area (Å²) in [6.07, 6.45) is 8.91. The van der Waals surface area contributed by atoms with Crippen LogP contribution in [-0.4, -0.2) is 54.9 Å². The maximum absolute atomic E-state index is 12.5. The summed E-state index contributed by atoms with van der Waals surface area (Å²) >= 11 is 0. The predicted octanol–water partition coefficient (Wildman–Crippen LogP) is 3.34. The normalized spacial score (nSPS) is 17.7. The Hall–Kier alpha value is -2.47. The van der Waals surface area contributed by atoms with E-state index in [4.69, 9.17) is 14.2 Å². The topological polar surface area (TPSA) is 52.9 Å². The highest BCUT2D eigenvalue weighted by atomic mass is 16.5. The van der Waals surface area contributed by atoms with Crippen molar-refractivity contribution in [2.45, 2.75) is 38.3 Å². The van der Waals surface area contributed by atoms with E-state index in [2.05, 4.69) is 0 Å². The first-order valence-corrected chi connectivity index (χ1v) is 10.1. The number of amides is 1. The molecule has 2 aliphatic rings. The molecule has 0 unspecified atom stereocenters. The number of ether oxygens (including phenoxy) is 3. The number of hydrogen-bond donors (Lipinski definition) is 0. The van der Waals surface area contributed by atoms with Crippen molar-refractivity contribution < 1.29 is 19.0 Å². The molecule has 150 valence electrons. The molecular weight excluding hydrogens is 356 g/mol. The standard InChI is InChI=1S/C22H28N2O4/c1-26-20-7-6-17(14-21(20)28-19-4-2-3-5-19)18-8-9-23(15-18)16-22(25)24-10-12-27-13-11-24/h6-9,14-15,19H,2-5,10-13,16H2,1H3. The Bertz CT molecular complexity index is 805. The quantitative estimate of drug-likeness (QED) is 0.767. The van der Waals surface area contributed by atoms with Crippen molar-refractivity contribution in [3.05, 3.63) is 36.7 Å². The third kappa shape index (κ3) is 4.33. The zero-order chi connectivity index (χ0) is 19.3. The summed E-state index contributed by atoms with van der Waals surface area (Å²) in [6, 6.07) is 8.06. The molecule has 1 aliphatic carbocycles. The van der Waals surface area contributed by atoms with Crippen LogP contribution in [0.3, 0.4) is 0 Å². The molecule has 1 saturated heterocycles. The maximum atomic E-state index is 12.5. The van der Waals surface area contributed by atoms with Gasteiger partial charge in [-0.25, -0.2) is 0 Å². The van der Waals surface area contributed by atoms with Crippen LogP contribution in [0.1, 0.15) is 25.7 Å². The van der Waals surface area contributed by atoms with E-state index >= 15 is 0 Å². The first-order chi connectivity index (χ1) is 13.7. The van der Waals surface area contributed by atoms with E-state index in [9.17, 15) is 4.79 Å². The van der Waals surface area contributed by atoms with Crippen LogP contribution in [-0.2, 0) is 16.1 Å². The van der Waals surface area contributed by atoms with Gasteiger partial charge in [-0.1, -0.05) is 6.07 Å². The maximum Gasteiger partial charge on any atom is 0.242 e. The van der Waals surface area contributed by atoms with E-state index in [-0.39, 0.29) is 12.0 Å². The van der Waals surface area contributed by atoms with E-state index in [0.29, 0.717) is 32.8 Å². The van der Waals surface area contributed by atoms with Gasteiger partial charge in [-0.05, 0) is 55.0 Å². The van der Waals surface area contributed by atoms with Crippen molar-refractivity contribution >= 4 is 5.91 Å². The van der Waals surface area contributed by atoms with Gasteiger partial charge < -0.3 is 23.7 Å². The van der Waals surface area contributed by atoms with Crippen molar-refractivity contribution in [2.24, 2.45) is 0 Å². The number of benzene rings is 1. The minimum Gasteiger partial charge on any atom is -0.493 e. The summed E-state index contributed by atoms with van der Waals surface area (Å²) in [4.78, 5) is 14.3. The van der Waals surface area contributed by atoms with E-state index < -0.39 is 0 Å². The Kier molecular flexibility index (Phi) is 5.86. The van der Waals surface area contributed by atoms with Gasteiger partial charge in [0.1, 0.15) is 6.54 Å². The van der Waals surface area contributed by atoms with Crippen molar-refractivity contribution in [1.82, 2.24) is 9.47 Å². The van der Waals surface area contributed by atoms with Crippen LogP contribution < -0.4 is 9.47 Å². The van der Waals surface area contributed by atoms with E-state index in [0.717, 1.165) is 35.5 Å². The lowest BCUT2D eigenvalue weighted by molar-refractivity contribution is -0.135. The number of rotatable bonds is 6. The summed E-state index contributed by atoms with van der Waals surface area (Å²) in [5.74, 6) is 1.69. The average molecular weight is 384 g/mol. The van der Waals surface area contributed by atoms with Crippen molar-refractivity contribution in [3.8, 4) is 22.6 Å². The molecule has 2 aromatic rings. The number of hydrogen-bond acceptors (Lipinski definition) is 4. The Morgan fingerprint density at radius 1 is 1.11 bits per heavy atom. The van der Waals surface area contributed by atoms with Crippen LogP contribution in [0, 0.1) is 0 Å². The lowest BCUT2D eigenvalue weighted by atomic mass is 10.1. The molecule has 6 heteroatoms. The molecule has 1 aromatic heterocycles. The van der Waals surface area contributed by atoms with E-state index in [1.165, 1.54) is 12.8 Å². The predicted molar refractivity (Wildman–Crippen MR) is 107 cm³/mol. The second-order valence-corrected chi connectivity index (χ2v) is 7.46.